The Morgan fingerprint density at radius 1 is 1.00 bits per heavy atom. The van der Waals surface area contributed by atoms with Gasteiger partial charge in [-0.15, -0.1) is 0 Å². The van der Waals surface area contributed by atoms with Gasteiger partial charge in [0.05, 0.1) is 25.6 Å². The molecule has 1 N–H and O–H groups in total. The molecule has 2 aromatic carbocycles. The Bertz CT molecular complexity index is 1350. The third kappa shape index (κ3) is 4.02. The first kappa shape index (κ1) is 21.7. The zero-order valence-electron chi connectivity index (χ0n) is 18.3. The molecule has 0 saturated carbocycles. The summed E-state index contributed by atoms with van der Waals surface area (Å²) >= 11 is 0. The van der Waals surface area contributed by atoms with Gasteiger partial charge < -0.3 is 14.4 Å². The molecule has 2 atom stereocenters. The Balaban J connectivity index is 1.58. The lowest BCUT2D eigenvalue weighted by molar-refractivity contribution is -0.000383. The smallest absolute Gasteiger partial charge is 0.332 e. The van der Waals surface area contributed by atoms with Gasteiger partial charge in [0.25, 0.3) is 5.56 Å². The van der Waals surface area contributed by atoms with Gasteiger partial charge in [-0.25, -0.2) is 9.78 Å². The van der Waals surface area contributed by atoms with Crippen LogP contribution in [0.5, 0.6) is 0 Å². The number of aliphatic hydroxyl groups excluding tert-OH is 1. The molecule has 0 fully saturated rings. The summed E-state index contributed by atoms with van der Waals surface area (Å²) in [5, 5.41) is 10.7. The maximum atomic E-state index is 12.6. The first-order valence-electron chi connectivity index (χ1n) is 10.4. The van der Waals surface area contributed by atoms with Gasteiger partial charge in [0.2, 0.25) is 0 Å². The Kier molecular flexibility index (Phi) is 6.07. The summed E-state index contributed by atoms with van der Waals surface area (Å²) in [6.07, 6.45) is 0.245. The predicted molar refractivity (Wildman–Crippen MR) is 122 cm³/mol. The molecule has 0 bridgehead atoms. The zero-order valence-corrected chi connectivity index (χ0v) is 18.3. The van der Waals surface area contributed by atoms with Gasteiger partial charge >= 0.3 is 5.69 Å². The number of imidazole rings is 1. The molecule has 0 unspecified atom stereocenters. The molecule has 4 aromatic rings. The summed E-state index contributed by atoms with van der Waals surface area (Å²) < 4.78 is 10.1. The van der Waals surface area contributed by atoms with Crippen molar-refractivity contribution < 1.29 is 9.84 Å². The Morgan fingerprint density at radius 2 is 1.69 bits per heavy atom. The van der Waals surface area contributed by atoms with Gasteiger partial charge in [-0.05, 0) is 23.6 Å². The predicted octanol–water partition coefficient (Wildman–Crippen LogP) is 1.91. The van der Waals surface area contributed by atoms with Crippen LogP contribution in [0.25, 0.3) is 11.2 Å². The van der Waals surface area contributed by atoms with E-state index >= 15 is 0 Å². The Labute approximate surface area is 185 Å². The number of ether oxygens (including phenoxy) is 1. The molecule has 166 valence electrons. The van der Waals surface area contributed by atoms with E-state index in [-0.39, 0.29) is 30.4 Å². The van der Waals surface area contributed by atoms with Gasteiger partial charge in [-0.2, -0.15) is 0 Å². The number of hydrogen-bond acceptors (Lipinski definition) is 5. The number of aliphatic hydroxyl groups is 1. The maximum absolute atomic E-state index is 12.6. The van der Waals surface area contributed by atoms with Gasteiger partial charge in [0.15, 0.2) is 11.2 Å². The second-order valence-electron chi connectivity index (χ2n) is 7.91. The van der Waals surface area contributed by atoms with Crippen molar-refractivity contribution in [2.45, 2.75) is 25.7 Å². The quantitative estimate of drug-likeness (QED) is 0.480. The van der Waals surface area contributed by atoms with E-state index in [1.165, 1.54) is 17.9 Å². The Morgan fingerprint density at radius 3 is 2.41 bits per heavy atom. The average Bonchev–Trinajstić information content (AvgIpc) is 3.22. The molecule has 8 nitrogen and oxygen atoms in total. The SMILES string of the molecule is Cc1ccccc1[C@H](OC[C@H](O)Cn1cnc2c1c(=O)n(C)c(=O)n2C)c1ccccc1. The lowest BCUT2D eigenvalue weighted by Gasteiger charge is -2.22. The van der Waals surface area contributed by atoms with Crippen LogP contribution >= 0.6 is 0 Å². The number of aryl methyl sites for hydroxylation is 2. The molecule has 2 aromatic heterocycles. The monoisotopic (exact) mass is 434 g/mol. The van der Waals surface area contributed by atoms with E-state index in [0.29, 0.717) is 0 Å². The van der Waals surface area contributed by atoms with E-state index in [2.05, 4.69) is 4.98 Å². The van der Waals surface area contributed by atoms with Crippen LogP contribution in [0.2, 0.25) is 0 Å². The molecule has 0 spiro atoms. The molecule has 4 rings (SSSR count). The summed E-state index contributed by atoms with van der Waals surface area (Å²) in [5.74, 6) is 0. The fourth-order valence-electron chi connectivity index (χ4n) is 3.90. The second-order valence-corrected chi connectivity index (χ2v) is 7.91. The maximum Gasteiger partial charge on any atom is 0.332 e. The molecule has 0 amide bonds. The van der Waals surface area contributed by atoms with Crippen molar-refractivity contribution in [3.05, 3.63) is 98.5 Å². The first-order chi connectivity index (χ1) is 15.4. The second kappa shape index (κ2) is 8.94. The van der Waals surface area contributed by atoms with Crippen LogP contribution in [-0.2, 0) is 25.4 Å². The number of fused-ring (bicyclic) bond motifs is 1. The molecular formula is C24H26N4O4. The molecular weight excluding hydrogens is 408 g/mol. The average molecular weight is 434 g/mol. The van der Waals surface area contributed by atoms with Crippen LogP contribution < -0.4 is 11.2 Å². The van der Waals surface area contributed by atoms with Crippen molar-refractivity contribution in [3.8, 4) is 0 Å². The molecule has 2 heterocycles. The first-order valence-corrected chi connectivity index (χ1v) is 10.4. The van der Waals surface area contributed by atoms with Gasteiger partial charge in [-0.1, -0.05) is 54.6 Å². The van der Waals surface area contributed by atoms with Crippen molar-refractivity contribution in [1.82, 2.24) is 18.7 Å². The molecule has 8 heteroatoms. The summed E-state index contributed by atoms with van der Waals surface area (Å²) in [6.45, 7) is 2.20. The van der Waals surface area contributed by atoms with E-state index in [1.54, 1.807) is 11.6 Å². The van der Waals surface area contributed by atoms with Crippen molar-refractivity contribution in [3.63, 3.8) is 0 Å². The van der Waals surface area contributed by atoms with E-state index < -0.39 is 17.4 Å². The van der Waals surface area contributed by atoms with Crippen LogP contribution in [0.4, 0.5) is 0 Å². The zero-order chi connectivity index (χ0) is 22.8. The molecule has 0 saturated heterocycles. The van der Waals surface area contributed by atoms with E-state index in [0.717, 1.165) is 21.3 Å². The molecule has 0 aliphatic rings. The van der Waals surface area contributed by atoms with Crippen LogP contribution in [0.3, 0.4) is 0 Å². The van der Waals surface area contributed by atoms with Gasteiger partial charge in [0, 0.05) is 14.1 Å². The van der Waals surface area contributed by atoms with Crippen molar-refractivity contribution >= 4 is 11.2 Å². The van der Waals surface area contributed by atoms with E-state index in [4.69, 9.17) is 4.74 Å². The van der Waals surface area contributed by atoms with Crippen molar-refractivity contribution in [1.29, 1.82) is 0 Å². The third-order valence-corrected chi connectivity index (χ3v) is 5.65. The van der Waals surface area contributed by atoms with Crippen LogP contribution in [0.15, 0.2) is 70.5 Å². The number of benzene rings is 2. The minimum absolute atomic E-state index is 0.0552. The topological polar surface area (TPSA) is 91.3 Å². The summed E-state index contributed by atoms with van der Waals surface area (Å²) in [4.78, 5) is 28.9. The lowest BCUT2D eigenvalue weighted by atomic mass is 9.97. The third-order valence-electron chi connectivity index (χ3n) is 5.65. The largest absolute Gasteiger partial charge is 0.389 e. The number of hydrogen-bond donors (Lipinski definition) is 1. The fraction of sp³-hybridized carbons (Fsp3) is 0.292. The lowest BCUT2D eigenvalue weighted by Crippen LogP contribution is -2.38. The van der Waals surface area contributed by atoms with Crippen molar-refractivity contribution in [2.24, 2.45) is 14.1 Å². The molecule has 32 heavy (non-hydrogen) atoms. The Hall–Kier alpha value is -3.49. The molecule has 0 aliphatic carbocycles. The van der Waals surface area contributed by atoms with Crippen LogP contribution in [-0.4, -0.2) is 36.5 Å². The highest BCUT2D eigenvalue weighted by molar-refractivity contribution is 5.69. The minimum Gasteiger partial charge on any atom is -0.389 e. The highest BCUT2D eigenvalue weighted by Gasteiger charge is 2.20. The van der Waals surface area contributed by atoms with Crippen LogP contribution in [0, 0.1) is 6.92 Å². The summed E-state index contributed by atoms with van der Waals surface area (Å²) in [5.41, 5.74) is 2.78. The normalized spacial score (nSPS) is 13.4. The number of nitrogens with zero attached hydrogens (tertiary/aromatic N) is 4. The van der Waals surface area contributed by atoms with Crippen molar-refractivity contribution in [2.75, 3.05) is 6.61 Å². The fourth-order valence-corrected chi connectivity index (χ4v) is 3.90. The standard InChI is InChI=1S/C24H26N4O4/c1-16-9-7-8-12-19(16)21(17-10-5-4-6-11-17)32-14-18(29)13-28-15-25-22-20(28)23(30)27(3)24(31)26(22)2/h4-12,15,18,21,29H,13-14H2,1-3H3/t18-,21-/m1/s1. The molecule has 0 radical (unpaired) electrons. The highest BCUT2D eigenvalue weighted by atomic mass is 16.5. The highest BCUT2D eigenvalue weighted by Crippen LogP contribution is 2.28. The summed E-state index contributed by atoms with van der Waals surface area (Å²) in [6, 6.07) is 17.9. The van der Waals surface area contributed by atoms with Crippen LogP contribution in [0.1, 0.15) is 22.8 Å². The van der Waals surface area contributed by atoms with Gasteiger partial charge in [0.1, 0.15) is 6.10 Å². The summed E-state index contributed by atoms with van der Waals surface area (Å²) in [7, 11) is 2.99. The van der Waals surface area contributed by atoms with Gasteiger partial charge in [-0.3, -0.25) is 13.9 Å². The van der Waals surface area contributed by atoms with E-state index in [9.17, 15) is 14.7 Å². The van der Waals surface area contributed by atoms with E-state index in [1.807, 2.05) is 61.5 Å². The molecule has 0 aliphatic heterocycles. The minimum atomic E-state index is -0.885. The number of aromatic nitrogens is 4. The number of rotatable bonds is 7.